The van der Waals surface area contributed by atoms with E-state index in [1.54, 1.807) is 13.2 Å². The Bertz CT molecular complexity index is 905. The summed E-state index contributed by atoms with van der Waals surface area (Å²) in [5, 5.41) is 2.88. The van der Waals surface area contributed by atoms with Gasteiger partial charge in [0, 0.05) is 42.7 Å². The van der Waals surface area contributed by atoms with Gasteiger partial charge in [0.1, 0.15) is 11.6 Å². The van der Waals surface area contributed by atoms with Gasteiger partial charge in [0.15, 0.2) is 0 Å². The van der Waals surface area contributed by atoms with E-state index in [0.29, 0.717) is 12.1 Å². The number of carbonyl (C=O) groups is 2. The fraction of sp³-hybridized carbons (Fsp3) is 0.435. The standard InChI is InChI=1S/C23H30N4O3/c1-15(2)23(29)27-12-10-16(11-13-27)19-9-8-18(21(24)26-19)22(28)25-14-17-6-4-5-7-20(17)30-3/h4-9,15-16H,10-14H2,1-3H3,(H2,24,26)(H,25,28). The van der Waals surface area contributed by atoms with E-state index < -0.39 is 0 Å². The number of anilines is 1. The molecule has 1 saturated heterocycles. The van der Waals surface area contributed by atoms with Crippen LogP contribution in [-0.4, -0.2) is 41.9 Å². The molecule has 0 aliphatic carbocycles. The SMILES string of the molecule is COc1ccccc1CNC(=O)c1ccc(C2CCN(C(=O)C(C)C)CC2)nc1N. The maximum atomic E-state index is 12.6. The van der Waals surface area contributed by atoms with Crippen molar-refractivity contribution in [2.75, 3.05) is 25.9 Å². The average Bonchev–Trinajstić information content (AvgIpc) is 2.77. The fourth-order valence-corrected chi connectivity index (χ4v) is 3.79. The minimum absolute atomic E-state index is 0.0176. The molecular formula is C23H30N4O3. The third kappa shape index (κ3) is 4.90. The van der Waals surface area contributed by atoms with Crippen molar-refractivity contribution >= 4 is 17.6 Å². The molecule has 0 saturated carbocycles. The molecule has 2 aromatic rings. The van der Waals surface area contributed by atoms with E-state index in [4.69, 9.17) is 10.5 Å². The van der Waals surface area contributed by atoms with Gasteiger partial charge in [-0.15, -0.1) is 0 Å². The predicted octanol–water partition coefficient (Wildman–Crippen LogP) is 2.96. The molecule has 3 N–H and O–H groups in total. The lowest BCUT2D eigenvalue weighted by atomic mass is 9.92. The molecule has 1 aliphatic rings. The van der Waals surface area contributed by atoms with Crippen molar-refractivity contribution in [3.8, 4) is 5.75 Å². The van der Waals surface area contributed by atoms with Crippen LogP contribution >= 0.6 is 0 Å². The van der Waals surface area contributed by atoms with Crippen LogP contribution in [0.15, 0.2) is 36.4 Å². The highest BCUT2D eigenvalue weighted by Gasteiger charge is 2.26. The van der Waals surface area contributed by atoms with Gasteiger partial charge in [-0.25, -0.2) is 4.98 Å². The largest absolute Gasteiger partial charge is 0.496 e. The summed E-state index contributed by atoms with van der Waals surface area (Å²) in [5.41, 5.74) is 8.24. The Morgan fingerprint density at radius 3 is 2.53 bits per heavy atom. The zero-order valence-electron chi connectivity index (χ0n) is 17.9. The first kappa shape index (κ1) is 21.6. The Labute approximate surface area is 177 Å². The van der Waals surface area contributed by atoms with Crippen LogP contribution in [0, 0.1) is 5.92 Å². The molecule has 0 bridgehead atoms. The highest BCUT2D eigenvalue weighted by Crippen LogP contribution is 2.28. The Hall–Kier alpha value is -3.09. The van der Waals surface area contributed by atoms with Crippen LogP contribution in [-0.2, 0) is 11.3 Å². The van der Waals surface area contributed by atoms with Crippen LogP contribution in [0.2, 0.25) is 0 Å². The summed E-state index contributed by atoms with van der Waals surface area (Å²) < 4.78 is 5.31. The quantitative estimate of drug-likeness (QED) is 0.763. The van der Waals surface area contributed by atoms with Crippen molar-refractivity contribution in [1.82, 2.24) is 15.2 Å². The van der Waals surface area contributed by atoms with E-state index in [1.165, 1.54) is 0 Å². The van der Waals surface area contributed by atoms with Gasteiger partial charge >= 0.3 is 0 Å². The first-order chi connectivity index (χ1) is 14.4. The lowest BCUT2D eigenvalue weighted by molar-refractivity contribution is -0.135. The molecule has 1 aromatic heterocycles. The number of hydrogen-bond acceptors (Lipinski definition) is 5. The lowest BCUT2D eigenvalue weighted by Crippen LogP contribution is -2.40. The molecule has 7 nitrogen and oxygen atoms in total. The minimum atomic E-state index is -0.269. The van der Waals surface area contributed by atoms with E-state index in [0.717, 1.165) is 42.9 Å². The smallest absolute Gasteiger partial charge is 0.255 e. The normalized spacial score (nSPS) is 14.6. The zero-order valence-corrected chi connectivity index (χ0v) is 17.9. The van der Waals surface area contributed by atoms with Crippen molar-refractivity contribution < 1.29 is 14.3 Å². The predicted molar refractivity (Wildman–Crippen MR) is 116 cm³/mol. The first-order valence-electron chi connectivity index (χ1n) is 10.4. The average molecular weight is 411 g/mol. The van der Waals surface area contributed by atoms with Gasteiger partial charge < -0.3 is 20.7 Å². The van der Waals surface area contributed by atoms with Crippen LogP contribution in [0.5, 0.6) is 5.75 Å². The third-order valence-electron chi connectivity index (χ3n) is 5.54. The number of likely N-dealkylation sites (tertiary alicyclic amines) is 1. The van der Waals surface area contributed by atoms with Crippen LogP contribution in [0.3, 0.4) is 0 Å². The van der Waals surface area contributed by atoms with E-state index >= 15 is 0 Å². The Kier molecular flexibility index (Phi) is 6.92. The van der Waals surface area contributed by atoms with Crippen molar-refractivity contribution in [2.45, 2.75) is 39.2 Å². The number of ether oxygens (including phenoxy) is 1. The number of methoxy groups -OCH3 is 1. The topological polar surface area (TPSA) is 97.5 Å². The van der Waals surface area contributed by atoms with Gasteiger partial charge in [-0.3, -0.25) is 9.59 Å². The molecule has 1 aromatic carbocycles. The maximum absolute atomic E-state index is 12.6. The molecule has 30 heavy (non-hydrogen) atoms. The van der Waals surface area contributed by atoms with Crippen LogP contribution < -0.4 is 15.8 Å². The van der Waals surface area contributed by atoms with Crippen molar-refractivity contribution in [2.24, 2.45) is 5.92 Å². The number of nitrogen functional groups attached to an aromatic ring is 1. The number of hydrogen-bond donors (Lipinski definition) is 2. The van der Waals surface area contributed by atoms with E-state index in [2.05, 4.69) is 10.3 Å². The summed E-state index contributed by atoms with van der Waals surface area (Å²) in [5.74, 6) is 1.14. The highest BCUT2D eigenvalue weighted by molar-refractivity contribution is 5.98. The number of pyridine rings is 1. The molecular weight excluding hydrogens is 380 g/mol. The van der Waals surface area contributed by atoms with Gasteiger partial charge in [-0.1, -0.05) is 32.0 Å². The molecule has 2 amide bonds. The number of nitrogens with one attached hydrogen (secondary N) is 1. The van der Waals surface area contributed by atoms with Gasteiger partial charge in [-0.2, -0.15) is 0 Å². The van der Waals surface area contributed by atoms with Crippen molar-refractivity contribution in [3.63, 3.8) is 0 Å². The van der Waals surface area contributed by atoms with Crippen molar-refractivity contribution in [3.05, 3.63) is 53.2 Å². The second-order valence-corrected chi connectivity index (χ2v) is 7.92. The lowest BCUT2D eigenvalue weighted by Gasteiger charge is -2.33. The number of amides is 2. The second-order valence-electron chi connectivity index (χ2n) is 7.92. The molecule has 3 rings (SSSR count). The van der Waals surface area contributed by atoms with E-state index in [-0.39, 0.29) is 29.5 Å². The number of aromatic nitrogens is 1. The molecule has 1 fully saturated rings. The summed E-state index contributed by atoms with van der Waals surface area (Å²) in [6, 6.07) is 11.1. The van der Waals surface area contributed by atoms with Crippen molar-refractivity contribution in [1.29, 1.82) is 0 Å². The molecule has 2 heterocycles. The summed E-state index contributed by atoms with van der Waals surface area (Å²) in [6.45, 7) is 5.64. The van der Waals surface area contributed by atoms with Gasteiger partial charge in [0.25, 0.3) is 5.91 Å². The molecule has 0 spiro atoms. The number of piperidine rings is 1. The number of nitrogens with two attached hydrogens (primary N) is 1. The summed E-state index contributed by atoms with van der Waals surface area (Å²) in [6.07, 6.45) is 1.70. The number of rotatable bonds is 6. The van der Waals surface area contributed by atoms with Gasteiger partial charge in [-0.05, 0) is 31.0 Å². The molecule has 0 radical (unpaired) electrons. The molecule has 1 aliphatic heterocycles. The number of para-hydroxylation sites is 1. The molecule has 0 atom stereocenters. The third-order valence-corrected chi connectivity index (χ3v) is 5.54. The minimum Gasteiger partial charge on any atom is -0.496 e. The molecule has 7 heteroatoms. The Morgan fingerprint density at radius 2 is 1.90 bits per heavy atom. The molecule has 160 valence electrons. The van der Waals surface area contributed by atoms with Crippen LogP contribution in [0.25, 0.3) is 0 Å². The van der Waals surface area contributed by atoms with Crippen LogP contribution in [0.1, 0.15) is 54.2 Å². The summed E-state index contributed by atoms with van der Waals surface area (Å²) >= 11 is 0. The Balaban J connectivity index is 1.61. The Morgan fingerprint density at radius 1 is 1.20 bits per heavy atom. The second kappa shape index (κ2) is 9.61. The highest BCUT2D eigenvalue weighted by atomic mass is 16.5. The van der Waals surface area contributed by atoms with E-state index in [1.807, 2.05) is 49.1 Å². The summed E-state index contributed by atoms with van der Waals surface area (Å²) in [7, 11) is 1.60. The summed E-state index contributed by atoms with van der Waals surface area (Å²) in [4.78, 5) is 31.2. The number of nitrogens with zero attached hydrogens (tertiary/aromatic N) is 2. The van der Waals surface area contributed by atoms with Gasteiger partial charge in [0.05, 0.1) is 12.7 Å². The first-order valence-corrected chi connectivity index (χ1v) is 10.4. The van der Waals surface area contributed by atoms with Gasteiger partial charge in [0.2, 0.25) is 5.91 Å². The molecule has 0 unspecified atom stereocenters. The zero-order chi connectivity index (χ0) is 21.7. The van der Waals surface area contributed by atoms with Crippen LogP contribution in [0.4, 0.5) is 5.82 Å². The number of carbonyl (C=O) groups excluding carboxylic acids is 2. The maximum Gasteiger partial charge on any atom is 0.255 e. The van der Waals surface area contributed by atoms with E-state index in [9.17, 15) is 9.59 Å². The fourth-order valence-electron chi connectivity index (χ4n) is 3.79. The number of benzene rings is 1. The monoisotopic (exact) mass is 410 g/mol.